The van der Waals surface area contributed by atoms with Crippen LogP contribution < -0.4 is 20.7 Å². The van der Waals surface area contributed by atoms with E-state index in [9.17, 15) is 14.4 Å². The molecule has 2 aliphatic heterocycles. The smallest absolute Gasteiger partial charge is 0.247 e. The van der Waals surface area contributed by atoms with Crippen LogP contribution in [0.15, 0.2) is 30.5 Å². The average molecular weight is 501 g/mol. The van der Waals surface area contributed by atoms with Crippen molar-refractivity contribution in [2.45, 2.75) is 78.6 Å². The molecule has 1 aromatic carbocycles. The van der Waals surface area contributed by atoms with E-state index in [-0.39, 0.29) is 29.6 Å². The standard InChI is InChI=1S/C28H44N4O4/c1-9-19(6)24(32(7)8)28(35)31-23-25(18(4)5)36-21-12-10-20(11-13-21)14-15-29-26(33)22(16-17(2)3)30-27(23)34/h10-15,17-19,22-25H,9,16H2,1-8H3,(H,29,33)(H,30,34)(H,31,35)/t19-,22-,23-,24-,25-/m0/s1. The molecule has 36 heavy (non-hydrogen) atoms. The fraction of sp³-hybridized carbons (Fsp3) is 0.607. The highest BCUT2D eigenvalue weighted by Crippen LogP contribution is 2.22. The van der Waals surface area contributed by atoms with Crippen molar-refractivity contribution in [3.8, 4) is 5.75 Å². The van der Waals surface area contributed by atoms with Crippen molar-refractivity contribution >= 4 is 23.8 Å². The van der Waals surface area contributed by atoms with E-state index in [4.69, 9.17) is 4.74 Å². The third-order valence-electron chi connectivity index (χ3n) is 6.57. The number of benzene rings is 1. The highest BCUT2D eigenvalue weighted by Gasteiger charge is 2.38. The monoisotopic (exact) mass is 500 g/mol. The number of amides is 3. The van der Waals surface area contributed by atoms with Gasteiger partial charge in [-0.2, -0.15) is 0 Å². The summed E-state index contributed by atoms with van der Waals surface area (Å²) < 4.78 is 6.31. The zero-order valence-corrected chi connectivity index (χ0v) is 23.0. The molecule has 0 fully saturated rings. The molecule has 2 aliphatic rings. The zero-order chi connectivity index (χ0) is 27.0. The van der Waals surface area contributed by atoms with Gasteiger partial charge in [0.2, 0.25) is 17.7 Å². The lowest BCUT2D eigenvalue weighted by molar-refractivity contribution is -0.137. The molecule has 0 saturated carbocycles. The first kappa shape index (κ1) is 29.4. The molecule has 8 nitrogen and oxygen atoms in total. The molecule has 0 aliphatic carbocycles. The molecular weight excluding hydrogens is 456 g/mol. The summed E-state index contributed by atoms with van der Waals surface area (Å²) in [4.78, 5) is 42.1. The van der Waals surface area contributed by atoms with E-state index < -0.39 is 30.1 Å². The van der Waals surface area contributed by atoms with E-state index in [2.05, 4.69) is 16.0 Å². The number of hydrogen-bond acceptors (Lipinski definition) is 5. The van der Waals surface area contributed by atoms with Crippen LogP contribution in [0.2, 0.25) is 0 Å². The Labute approximate surface area is 216 Å². The van der Waals surface area contributed by atoms with Crippen LogP contribution in [0.1, 0.15) is 59.9 Å². The summed E-state index contributed by atoms with van der Waals surface area (Å²) in [6, 6.07) is 5.24. The lowest BCUT2D eigenvalue weighted by Gasteiger charge is -2.35. The Hall–Kier alpha value is -2.87. The van der Waals surface area contributed by atoms with Gasteiger partial charge >= 0.3 is 0 Å². The van der Waals surface area contributed by atoms with Crippen LogP contribution >= 0.6 is 0 Å². The maximum atomic E-state index is 13.7. The Balaban J connectivity index is 2.52. The lowest BCUT2D eigenvalue weighted by Crippen LogP contribution is -2.62. The molecule has 0 radical (unpaired) electrons. The number of likely N-dealkylation sites (N-methyl/N-ethyl adjacent to an activating group) is 1. The Bertz CT molecular complexity index is 911. The number of hydrogen-bond donors (Lipinski definition) is 3. The quantitative estimate of drug-likeness (QED) is 0.509. The van der Waals surface area contributed by atoms with E-state index in [1.165, 1.54) is 0 Å². The second-order valence-corrected chi connectivity index (χ2v) is 10.7. The van der Waals surface area contributed by atoms with E-state index in [1.807, 2.05) is 84.8 Å². The average Bonchev–Trinajstić information content (AvgIpc) is 2.80. The molecule has 0 aromatic heterocycles. The summed E-state index contributed by atoms with van der Waals surface area (Å²) in [7, 11) is 3.72. The Morgan fingerprint density at radius 2 is 1.69 bits per heavy atom. The van der Waals surface area contributed by atoms with Crippen LogP contribution in [0.25, 0.3) is 6.08 Å². The number of fused-ring (bicyclic) bond motifs is 10. The number of ether oxygens (including phenoxy) is 1. The van der Waals surface area contributed by atoms with Crippen LogP contribution in [-0.4, -0.2) is 60.9 Å². The van der Waals surface area contributed by atoms with Gasteiger partial charge < -0.3 is 20.7 Å². The fourth-order valence-electron chi connectivity index (χ4n) is 4.45. The van der Waals surface area contributed by atoms with Crippen molar-refractivity contribution in [1.82, 2.24) is 20.9 Å². The Morgan fingerprint density at radius 1 is 1.06 bits per heavy atom. The molecular formula is C28H44N4O4. The van der Waals surface area contributed by atoms with Crippen LogP contribution in [0.3, 0.4) is 0 Å². The lowest BCUT2D eigenvalue weighted by atomic mass is 9.94. The van der Waals surface area contributed by atoms with Gasteiger partial charge in [0.15, 0.2) is 0 Å². The van der Waals surface area contributed by atoms with Gasteiger partial charge in [-0.1, -0.05) is 60.1 Å². The topological polar surface area (TPSA) is 99.8 Å². The molecule has 8 heteroatoms. The molecule has 3 rings (SSSR count). The van der Waals surface area contributed by atoms with Crippen molar-refractivity contribution in [3.05, 3.63) is 36.0 Å². The second-order valence-electron chi connectivity index (χ2n) is 10.7. The molecule has 2 heterocycles. The second kappa shape index (κ2) is 13.4. The van der Waals surface area contributed by atoms with Gasteiger partial charge in [0.05, 0.1) is 6.04 Å². The SMILES string of the molecule is CC[C@H](C)[C@@H](C(=O)N[C@@H]1C(=O)N[C@@H](CC(C)C)C(=O)NC=Cc2ccc(cc2)O[C@H]1C(C)C)N(C)C. The number of carbonyl (C=O) groups is 3. The van der Waals surface area contributed by atoms with Crippen molar-refractivity contribution in [1.29, 1.82) is 0 Å². The normalized spacial score (nSPS) is 22.6. The number of nitrogens with one attached hydrogen (secondary N) is 3. The molecule has 3 amide bonds. The van der Waals surface area contributed by atoms with E-state index in [0.29, 0.717) is 12.2 Å². The highest BCUT2D eigenvalue weighted by atomic mass is 16.5. The first-order valence-corrected chi connectivity index (χ1v) is 12.9. The molecule has 0 saturated heterocycles. The summed E-state index contributed by atoms with van der Waals surface area (Å²) in [6.07, 6.45) is 3.99. The number of nitrogens with zero attached hydrogens (tertiary/aromatic N) is 1. The van der Waals surface area contributed by atoms with Crippen molar-refractivity contribution in [2.24, 2.45) is 17.8 Å². The van der Waals surface area contributed by atoms with Gasteiger partial charge in [-0.3, -0.25) is 19.3 Å². The van der Waals surface area contributed by atoms with Gasteiger partial charge in [0.25, 0.3) is 0 Å². The Kier molecular flexibility index (Phi) is 11.0. The van der Waals surface area contributed by atoms with E-state index >= 15 is 0 Å². The van der Waals surface area contributed by atoms with Crippen molar-refractivity contribution < 1.29 is 19.1 Å². The summed E-state index contributed by atoms with van der Waals surface area (Å²) in [5.41, 5.74) is 0.900. The molecule has 2 bridgehead atoms. The summed E-state index contributed by atoms with van der Waals surface area (Å²) in [5.74, 6) is -0.241. The van der Waals surface area contributed by atoms with Crippen molar-refractivity contribution in [2.75, 3.05) is 14.1 Å². The largest absolute Gasteiger partial charge is 0.487 e. The third-order valence-corrected chi connectivity index (χ3v) is 6.57. The van der Waals surface area contributed by atoms with Gasteiger partial charge in [-0.05, 0) is 62.0 Å². The fourth-order valence-corrected chi connectivity index (χ4v) is 4.45. The van der Waals surface area contributed by atoms with E-state index in [1.54, 1.807) is 12.3 Å². The first-order valence-electron chi connectivity index (χ1n) is 12.9. The minimum Gasteiger partial charge on any atom is -0.487 e. The third kappa shape index (κ3) is 8.08. The molecule has 1 aromatic rings. The van der Waals surface area contributed by atoms with E-state index in [0.717, 1.165) is 12.0 Å². The Morgan fingerprint density at radius 3 is 2.22 bits per heavy atom. The van der Waals surface area contributed by atoms with Crippen LogP contribution in [0.4, 0.5) is 0 Å². The van der Waals surface area contributed by atoms with Crippen LogP contribution in [0, 0.1) is 17.8 Å². The van der Waals surface area contributed by atoms with Gasteiger partial charge in [0.1, 0.15) is 23.9 Å². The predicted octanol–water partition coefficient (Wildman–Crippen LogP) is 3.18. The summed E-state index contributed by atoms with van der Waals surface area (Å²) in [6.45, 7) is 12.0. The number of rotatable bonds is 8. The minimum absolute atomic E-state index is 0.0822. The van der Waals surface area contributed by atoms with Crippen molar-refractivity contribution in [3.63, 3.8) is 0 Å². The molecule has 0 unspecified atom stereocenters. The van der Waals surface area contributed by atoms with Crippen LogP contribution in [-0.2, 0) is 14.4 Å². The molecule has 3 N–H and O–H groups in total. The highest BCUT2D eigenvalue weighted by molar-refractivity contribution is 5.94. The van der Waals surface area contributed by atoms with Gasteiger partial charge in [0, 0.05) is 6.20 Å². The van der Waals surface area contributed by atoms with Gasteiger partial charge in [-0.25, -0.2) is 0 Å². The molecule has 0 spiro atoms. The maximum Gasteiger partial charge on any atom is 0.247 e. The van der Waals surface area contributed by atoms with Gasteiger partial charge in [-0.15, -0.1) is 0 Å². The minimum atomic E-state index is -0.996. The molecule has 5 atom stereocenters. The number of carbonyl (C=O) groups excluding carboxylic acids is 3. The summed E-state index contributed by atoms with van der Waals surface area (Å²) in [5, 5.41) is 8.68. The zero-order valence-electron chi connectivity index (χ0n) is 23.0. The first-order chi connectivity index (χ1) is 16.9. The van der Waals surface area contributed by atoms with Crippen LogP contribution in [0.5, 0.6) is 5.75 Å². The predicted molar refractivity (Wildman–Crippen MR) is 143 cm³/mol. The molecule has 200 valence electrons. The summed E-state index contributed by atoms with van der Waals surface area (Å²) >= 11 is 0. The maximum absolute atomic E-state index is 13.7.